The summed E-state index contributed by atoms with van der Waals surface area (Å²) in [6.07, 6.45) is 6.48. The molecule has 7 nitrogen and oxygen atoms in total. The van der Waals surface area contributed by atoms with Crippen LogP contribution in [0.5, 0.6) is 5.75 Å². The van der Waals surface area contributed by atoms with Gasteiger partial charge in [-0.05, 0) is 43.9 Å². The maximum absolute atomic E-state index is 13.3. The van der Waals surface area contributed by atoms with Crippen molar-refractivity contribution in [3.8, 4) is 5.75 Å². The van der Waals surface area contributed by atoms with Gasteiger partial charge in [-0.1, -0.05) is 6.42 Å². The number of benzene rings is 1. The van der Waals surface area contributed by atoms with E-state index in [1.165, 1.54) is 12.8 Å². The number of carbonyl (C=O) groups is 1. The number of nitrogens with one attached hydrogen (secondary N) is 1. The van der Waals surface area contributed by atoms with Crippen molar-refractivity contribution in [2.24, 2.45) is 0 Å². The van der Waals surface area contributed by atoms with E-state index in [-0.39, 0.29) is 11.9 Å². The molecule has 0 unspecified atom stereocenters. The molecule has 7 heteroatoms. The molecule has 1 atom stereocenters. The van der Waals surface area contributed by atoms with E-state index in [0.717, 1.165) is 67.1 Å². The number of likely N-dealkylation sites (tertiary alicyclic amines) is 1. The summed E-state index contributed by atoms with van der Waals surface area (Å²) in [5, 5.41) is 9.95. The molecule has 5 rings (SSSR count). The number of aromatic nitrogens is 4. The molecule has 0 radical (unpaired) electrons. The smallest absolute Gasteiger partial charge is 0.270 e. The lowest BCUT2D eigenvalue weighted by atomic mass is 10.2. The largest absolute Gasteiger partial charge is 0.497 e. The number of hydrogen-bond acceptors (Lipinski definition) is 4. The average Bonchev–Trinajstić information content (AvgIpc) is 3.41. The molecule has 1 saturated heterocycles. The van der Waals surface area contributed by atoms with Crippen molar-refractivity contribution >= 4 is 16.8 Å². The van der Waals surface area contributed by atoms with E-state index in [0.29, 0.717) is 5.69 Å². The molecular weight excluding hydrogens is 354 g/mol. The summed E-state index contributed by atoms with van der Waals surface area (Å²) in [6.45, 7) is 1.72. The van der Waals surface area contributed by atoms with Gasteiger partial charge < -0.3 is 19.2 Å². The van der Waals surface area contributed by atoms with Crippen LogP contribution in [0.4, 0.5) is 0 Å². The Morgan fingerprint density at radius 2 is 2.07 bits per heavy atom. The van der Waals surface area contributed by atoms with Crippen LogP contribution >= 0.6 is 0 Å². The van der Waals surface area contributed by atoms with Gasteiger partial charge in [0.05, 0.1) is 13.2 Å². The summed E-state index contributed by atoms with van der Waals surface area (Å²) in [5.74, 6) is 2.84. The number of aromatic amines is 1. The second kappa shape index (κ2) is 6.96. The van der Waals surface area contributed by atoms with E-state index >= 15 is 0 Å². The summed E-state index contributed by atoms with van der Waals surface area (Å²) in [6, 6.07) is 7.74. The number of rotatable bonds is 3. The molecule has 4 heterocycles. The summed E-state index contributed by atoms with van der Waals surface area (Å²) >= 11 is 0. The Labute approximate surface area is 163 Å². The fraction of sp³-hybridized carbons (Fsp3) is 0.476. The first-order chi connectivity index (χ1) is 13.7. The summed E-state index contributed by atoms with van der Waals surface area (Å²) in [4.78, 5) is 18.6. The second-order valence-corrected chi connectivity index (χ2v) is 7.73. The molecule has 2 aromatic heterocycles. The number of ether oxygens (including phenoxy) is 1. The first-order valence-corrected chi connectivity index (χ1v) is 10.1. The lowest BCUT2D eigenvalue weighted by molar-refractivity contribution is 0.0722. The number of aryl methyl sites for hydroxylation is 1. The Balaban J connectivity index is 1.45. The highest BCUT2D eigenvalue weighted by atomic mass is 16.5. The third kappa shape index (κ3) is 2.85. The first-order valence-electron chi connectivity index (χ1n) is 10.1. The van der Waals surface area contributed by atoms with Gasteiger partial charge in [0.1, 0.15) is 17.3 Å². The van der Waals surface area contributed by atoms with Gasteiger partial charge in [-0.15, -0.1) is 10.2 Å². The van der Waals surface area contributed by atoms with Gasteiger partial charge in [0.25, 0.3) is 5.91 Å². The fourth-order valence-electron chi connectivity index (χ4n) is 4.54. The number of H-pyrrole nitrogens is 1. The standard InChI is InChI=1S/C21H25N5O2/c1-28-15-9-8-14-12-17(22-16(14)13-15)21(27)25-11-5-6-18(25)20-24-23-19-7-3-2-4-10-26(19)20/h8-9,12-13,18,22H,2-7,10-11H2,1H3/t18-/m1/s1. The zero-order chi connectivity index (χ0) is 19.1. The van der Waals surface area contributed by atoms with Crippen molar-refractivity contribution < 1.29 is 9.53 Å². The Morgan fingerprint density at radius 3 is 2.96 bits per heavy atom. The van der Waals surface area contributed by atoms with E-state index in [1.807, 2.05) is 29.2 Å². The van der Waals surface area contributed by atoms with E-state index in [9.17, 15) is 4.79 Å². The number of methoxy groups -OCH3 is 1. The highest BCUT2D eigenvalue weighted by Crippen LogP contribution is 2.34. The van der Waals surface area contributed by atoms with Crippen LogP contribution in [0.3, 0.4) is 0 Å². The second-order valence-electron chi connectivity index (χ2n) is 7.73. The SMILES string of the molecule is COc1ccc2cc(C(=O)N3CCC[C@@H]3c3nnc4n3CCCCC4)[nH]c2c1. The molecule has 1 aromatic carbocycles. The van der Waals surface area contributed by atoms with E-state index in [1.54, 1.807) is 7.11 Å². The van der Waals surface area contributed by atoms with Gasteiger partial charge in [-0.25, -0.2) is 0 Å². The van der Waals surface area contributed by atoms with Crippen LogP contribution < -0.4 is 4.74 Å². The van der Waals surface area contributed by atoms with Crippen molar-refractivity contribution in [3.05, 3.63) is 41.6 Å². The van der Waals surface area contributed by atoms with Gasteiger partial charge in [0.15, 0.2) is 5.82 Å². The number of fused-ring (bicyclic) bond motifs is 2. The van der Waals surface area contributed by atoms with Gasteiger partial charge in [0, 0.05) is 36.5 Å². The molecule has 3 aromatic rings. The number of amides is 1. The Hall–Kier alpha value is -2.83. The van der Waals surface area contributed by atoms with E-state index in [2.05, 4.69) is 19.7 Å². The van der Waals surface area contributed by atoms with Crippen LogP contribution in [-0.2, 0) is 13.0 Å². The van der Waals surface area contributed by atoms with Crippen LogP contribution in [0.25, 0.3) is 10.9 Å². The van der Waals surface area contributed by atoms with Crippen molar-refractivity contribution in [2.45, 2.75) is 51.1 Å². The van der Waals surface area contributed by atoms with Crippen molar-refractivity contribution in [1.29, 1.82) is 0 Å². The van der Waals surface area contributed by atoms with Crippen LogP contribution in [0.15, 0.2) is 24.3 Å². The Morgan fingerprint density at radius 1 is 1.14 bits per heavy atom. The highest BCUT2D eigenvalue weighted by Gasteiger charge is 2.35. The van der Waals surface area contributed by atoms with Crippen LogP contribution in [0.2, 0.25) is 0 Å². The molecule has 0 spiro atoms. The van der Waals surface area contributed by atoms with Gasteiger partial charge in [0.2, 0.25) is 0 Å². The zero-order valence-electron chi connectivity index (χ0n) is 16.1. The minimum absolute atomic E-state index is 0.00722. The van der Waals surface area contributed by atoms with Crippen LogP contribution in [0.1, 0.15) is 60.3 Å². The Bertz CT molecular complexity index is 1020. The molecule has 0 bridgehead atoms. The lowest BCUT2D eigenvalue weighted by Crippen LogP contribution is -2.32. The third-order valence-electron chi connectivity index (χ3n) is 6.01. The zero-order valence-corrected chi connectivity index (χ0v) is 16.1. The Kier molecular flexibility index (Phi) is 4.30. The quantitative estimate of drug-likeness (QED) is 0.756. The molecule has 28 heavy (non-hydrogen) atoms. The monoisotopic (exact) mass is 379 g/mol. The summed E-state index contributed by atoms with van der Waals surface area (Å²) < 4.78 is 7.55. The number of nitrogens with zero attached hydrogens (tertiary/aromatic N) is 4. The summed E-state index contributed by atoms with van der Waals surface area (Å²) in [5.41, 5.74) is 1.53. The minimum Gasteiger partial charge on any atom is -0.497 e. The van der Waals surface area contributed by atoms with Gasteiger partial charge >= 0.3 is 0 Å². The van der Waals surface area contributed by atoms with Gasteiger partial charge in [-0.3, -0.25) is 4.79 Å². The van der Waals surface area contributed by atoms with Crippen LogP contribution in [-0.4, -0.2) is 44.2 Å². The molecular formula is C21H25N5O2. The van der Waals surface area contributed by atoms with Crippen molar-refractivity contribution in [3.63, 3.8) is 0 Å². The van der Waals surface area contributed by atoms with Gasteiger partial charge in [-0.2, -0.15) is 0 Å². The highest BCUT2D eigenvalue weighted by molar-refractivity contribution is 5.98. The lowest BCUT2D eigenvalue weighted by Gasteiger charge is -2.24. The van der Waals surface area contributed by atoms with E-state index < -0.39 is 0 Å². The van der Waals surface area contributed by atoms with Crippen molar-refractivity contribution in [2.75, 3.05) is 13.7 Å². The fourth-order valence-corrected chi connectivity index (χ4v) is 4.54. The molecule has 2 aliphatic rings. The normalized spacial score (nSPS) is 19.6. The maximum atomic E-state index is 13.3. The third-order valence-corrected chi connectivity index (χ3v) is 6.01. The van der Waals surface area contributed by atoms with Crippen molar-refractivity contribution in [1.82, 2.24) is 24.6 Å². The first kappa shape index (κ1) is 17.3. The minimum atomic E-state index is 0.00722. The summed E-state index contributed by atoms with van der Waals surface area (Å²) in [7, 11) is 1.65. The predicted octanol–water partition coefficient (Wildman–Crippen LogP) is 3.47. The molecule has 2 aliphatic heterocycles. The number of carbonyl (C=O) groups excluding carboxylic acids is 1. The molecule has 1 fully saturated rings. The van der Waals surface area contributed by atoms with Crippen LogP contribution in [0, 0.1) is 0 Å². The molecule has 146 valence electrons. The molecule has 1 N–H and O–H groups in total. The average molecular weight is 379 g/mol. The topological polar surface area (TPSA) is 76.0 Å². The predicted molar refractivity (Wildman–Crippen MR) is 105 cm³/mol. The molecule has 0 aliphatic carbocycles. The van der Waals surface area contributed by atoms with E-state index in [4.69, 9.17) is 4.74 Å². The number of hydrogen-bond donors (Lipinski definition) is 1. The molecule has 0 saturated carbocycles. The molecule has 1 amide bonds. The maximum Gasteiger partial charge on any atom is 0.270 e.